The molecule has 7 heteroatoms. The summed E-state index contributed by atoms with van der Waals surface area (Å²) in [5.74, 6) is -0.191. The number of hydrogen-bond donors (Lipinski definition) is 2. The second kappa shape index (κ2) is 9.71. The molecule has 4 rings (SSSR count). The van der Waals surface area contributed by atoms with Crippen LogP contribution in [-0.2, 0) is 4.79 Å². The first-order chi connectivity index (χ1) is 15.9. The maximum Gasteiger partial charge on any atom is 0.251 e. The predicted molar refractivity (Wildman–Crippen MR) is 131 cm³/mol. The first-order valence-electron chi connectivity index (χ1n) is 10.5. The van der Waals surface area contributed by atoms with E-state index >= 15 is 0 Å². The lowest BCUT2D eigenvalue weighted by molar-refractivity contribution is -0.115. The van der Waals surface area contributed by atoms with Gasteiger partial charge in [-0.05, 0) is 49.7 Å². The van der Waals surface area contributed by atoms with Crippen LogP contribution in [0.1, 0.15) is 21.5 Å². The molecular weight excluding hydrogens is 436 g/mol. The van der Waals surface area contributed by atoms with Crippen molar-refractivity contribution in [1.29, 1.82) is 0 Å². The summed E-state index contributed by atoms with van der Waals surface area (Å²) in [5, 5.41) is 10.8. The molecule has 1 aromatic heterocycles. The van der Waals surface area contributed by atoms with Gasteiger partial charge in [0, 0.05) is 22.2 Å². The highest BCUT2D eigenvalue weighted by Gasteiger charge is 2.16. The third-order valence-electron chi connectivity index (χ3n) is 5.14. The highest BCUT2D eigenvalue weighted by molar-refractivity contribution is 6.30. The number of hydrogen-bond acceptors (Lipinski definition) is 3. The quantitative estimate of drug-likeness (QED) is 0.418. The number of aromatic nitrogens is 2. The Labute approximate surface area is 197 Å². The van der Waals surface area contributed by atoms with Crippen LogP contribution in [-0.4, -0.2) is 28.1 Å². The molecule has 0 aliphatic heterocycles. The molecule has 0 aliphatic carbocycles. The molecule has 0 saturated heterocycles. The number of nitrogens with zero attached hydrogens (tertiary/aromatic N) is 2. The van der Waals surface area contributed by atoms with Crippen molar-refractivity contribution in [1.82, 2.24) is 15.1 Å². The molecule has 1 heterocycles. The maximum atomic E-state index is 12.7. The van der Waals surface area contributed by atoms with E-state index in [2.05, 4.69) is 16.7 Å². The number of benzene rings is 3. The normalized spacial score (nSPS) is 10.6. The molecule has 2 amide bonds. The lowest BCUT2D eigenvalue weighted by Crippen LogP contribution is -2.33. The summed E-state index contributed by atoms with van der Waals surface area (Å²) in [4.78, 5) is 25.0. The number of carbonyl (C=O) groups excluding carboxylic acids is 2. The molecule has 166 valence electrons. The molecular formula is C26H23ClN4O2. The lowest BCUT2D eigenvalue weighted by atomic mass is 10.1. The van der Waals surface area contributed by atoms with Crippen LogP contribution >= 0.6 is 11.6 Å². The van der Waals surface area contributed by atoms with E-state index in [0.717, 1.165) is 28.1 Å². The highest BCUT2D eigenvalue weighted by atomic mass is 35.5. The van der Waals surface area contributed by atoms with Crippen molar-refractivity contribution >= 4 is 29.2 Å². The molecule has 0 unspecified atom stereocenters. The first kappa shape index (κ1) is 22.3. The van der Waals surface area contributed by atoms with Crippen LogP contribution in [0, 0.1) is 13.8 Å². The zero-order valence-electron chi connectivity index (χ0n) is 18.3. The summed E-state index contributed by atoms with van der Waals surface area (Å²) in [6.07, 6.45) is 0. The fraction of sp³-hybridized carbons (Fsp3) is 0.115. The molecule has 6 nitrogen and oxygen atoms in total. The topological polar surface area (TPSA) is 76.0 Å². The number of aryl methyl sites for hydroxylation is 2. The monoisotopic (exact) mass is 458 g/mol. The van der Waals surface area contributed by atoms with Crippen molar-refractivity contribution in [2.24, 2.45) is 0 Å². The Hall–Kier alpha value is -3.90. The summed E-state index contributed by atoms with van der Waals surface area (Å²) in [6.45, 7) is 3.85. The largest absolute Gasteiger partial charge is 0.343 e. The van der Waals surface area contributed by atoms with E-state index in [0.29, 0.717) is 16.4 Å². The number of rotatable bonds is 6. The van der Waals surface area contributed by atoms with Gasteiger partial charge in [-0.1, -0.05) is 59.6 Å². The van der Waals surface area contributed by atoms with Gasteiger partial charge in [0.05, 0.1) is 17.9 Å². The molecule has 0 fully saturated rings. The fourth-order valence-electron chi connectivity index (χ4n) is 3.50. The van der Waals surface area contributed by atoms with Crippen LogP contribution < -0.4 is 10.6 Å². The second-order valence-electron chi connectivity index (χ2n) is 7.72. The Morgan fingerprint density at radius 1 is 0.939 bits per heavy atom. The molecule has 0 aliphatic rings. The third-order valence-corrected chi connectivity index (χ3v) is 5.39. The van der Waals surface area contributed by atoms with Crippen LogP contribution in [0.15, 0.2) is 78.9 Å². The lowest BCUT2D eigenvalue weighted by Gasteiger charge is -2.12. The van der Waals surface area contributed by atoms with Gasteiger partial charge in [0.15, 0.2) is 0 Å². The standard InChI is InChI=1S/C26H23ClN4O2/c1-17-8-13-23(18(2)14-17)31-24(15-22(30-31)19-6-4-3-5-7-19)29-25(32)16-28-26(33)20-9-11-21(27)12-10-20/h3-15H,16H2,1-2H3,(H,28,33)(H,29,32). The molecule has 0 radical (unpaired) electrons. The molecule has 3 aromatic carbocycles. The van der Waals surface area contributed by atoms with Crippen LogP contribution in [0.25, 0.3) is 16.9 Å². The van der Waals surface area contributed by atoms with Crippen molar-refractivity contribution in [3.63, 3.8) is 0 Å². The molecule has 0 bridgehead atoms. The van der Waals surface area contributed by atoms with Crippen LogP contribution in [0.2, 0.25) is 5.02 Å². The zero-order chi connectivity index (χ0) is 23.4. The maximum absolute atomic E-state index is 12.7. The molecule has 0 atom stereocenters. The van der Waals surface area contributed by atoms with Gasteiger partial charge in [-0.25, -0.2) is 4.68 Å². The van der Waals surface area contributed by atoms with E-state index < -0.39 is 0 Å². The van der Waals surface area contributed by atoms with Gasteiger partial charge in [-0.3, -0.25) is 9.59 Å². The molecule has 2 N–H and O–H groups in total. The van der Waals surface area contributed by atoms with Crippen molar-refractivity contribution in [3.8, 4) is 16.9 Å². The Morgan fingerprint density at radius 2 is 1.67 bits per heavy atom. The van der Waals surface area contributed by atoms with Crippen molar-refractivity contribution in [2.75, 3.05) is 11.9 Å². The van der Waals surface area contributed by atoms with Crippen molar-refractivity contribution in [2.45, 2.75) is 13.8 Å². The summed E-state index contributed by atoms with van der Waals surface area (Å²) < 4.78 is 1.72. The molecule has 33 heavy (non-hydrogen) atoms. The number of amides is 2. The van der Waals surface area contributed by atoms with E-state index in [4.69, 9.17) is 16.7 Å². The number of anilines is 1. The van der Waals surface area contributed by atoms with Gasteiger partial charge < -0.3 is 10.6 Å². The minimum absolute atomic E-state index is 0.180. The Kier molecular flexibility index (Phi) is 6.56. The van der Waals surface area contributed by atoms with Gasteiger partial charge >= 0.3 is 0 Å². The minimum atomic E-state index is -0.358. The van der Waals surface area contributed by atoms with Crippen LogP contribution in [0.3, 0.4) is 0 Å². The van der Waals surface area contributed by atoms with Crippen LogP contribution in [0.5, 0.6) is 0 Å². The summed E-state index contributed by atoms with van der Waals surface area (Å²) >= 11 is 5.86. The smallest absolute Gasteiger partial charge is 0.251 e. The zero-order valence-corrected chi connectivity index (χ0v) is 19.1. The Bertz CT molecular complexity index is 1300. The Morgan fingerprint density at radius 3 is 2.36 bits per heavy atom. The second-order valence-corrected chi connectivity index (χ2v) is 8.16. The van der Waals surface area contributed by atoms with Crippen molar-refractivity contribution < 1.29 is 9.59 Å². The number of halogens is 1. The van der Waals surface area contributed by atoms with E-state index in [-0.39, 0.29) is 18.4 Å². The average molecular weight is 459 g/mol. The Balaban J connectivity index is 1.56. The SMILES string of the molecule is Cc1ccc(-n2nc(-c3ccccc3)cc2NC(=O)CNC(=O)c2ccc(Cl)cc2)c(C)c1. The highest BCUT2D eigenvalue weighted by Crippen LogP contribution is 2.26. The van der Waals surface area contributed by atoms with E-state index in [1.54, 1.807) is 28.9 Å². The van der Waals surface area contributed by atoms with Crippen LogP contribution in [0.4, 0.5) is 5.82 Å². The van der Waals surface area contributed by atoms with E-state index in [9.17, 15) is 9.59 Å². The minimum Gasteiger partial charge on any atom is -0.343 e. The van der Waals surface area contributed by atoms with Gasteiger partial charge in [0.25, 0.3) is 5.91 Å². The van der Waals surface area contributed by atoms with Gasteiger partial charge in [0.1, 0.15) is 5.82 Å². The molecule has 4 aromatic rings. The number of nitrogens with one attached hydrogen (secondary N) is 2. The summed E-state index contributed by atoms with van der Waals surface area (Å²) in [6, 6.07) is 24.1. The van der Waals surface area contributed by atoms with E-state index in [1.165, 1.54) is 0 Å². The average Bonchev–Trinajstić information content (AvgIpc) is 3.22. The molecule has 0 spiro atoms. The molecule has 0 saturated carbocycles. The van der Waals surface area contributed by atoms with Gasteiger partial charge in [-0.15, -0.1) is 0 Å². The summed E-state index contributed by atoms with van der Waals surface area (Å²) in [7, 11) is 0. The van der Waals surface area contributed by atoms with E-state index in [1.807, 2.05) is 62.4 Å². The predicted octanol–water partition coefficient (Wildman–Crippen LogP) is 5.18. The number of carbonyl (C=O) groups is 2. The van der Waals surface area contributed by atoms with Gasteiger partial charge in [-0.2, -0.15) is 5.10 Å². The third kappa shape index (κ3) is 5.30. The summed E-state index contributed by atoms with van der Waals surface area (Å²) in [5.41, 5.74) is 5.14. The fourth-order valence-corrected chi connectivity index (χ4v) is 3.62. The van der Waals surface area contributed by atoms with Gasteiger partial charge in [0.2, 0.25) is 5.91 Å². The first-order valence-corrected chi connectivity index (χ1v) is 10.9. The van der Waals surface area contributed by atoms with Crippen molar-refractivity contribution in [3.05, 3.63) is 101 Å².